The van der Waals surface area contributed by atoms with E-state index in [0.29, 0.717) is 0 Å². The van der Waals surface area contributed by atoms with Crippen LogP contribution in [0.25, 0.3) is 34.4 Å². The zero-order chi connectivity index (χ0) is 33.9. The van der Waals surface area contributed by atoms with Crippen LogP contribution in [0.15, 0.2) is 145 Å². The summed E-state index contributed by atoms with van der Waals surface area (Å²) in [6, 6.07) is 50.9. The fourth-order valence-electron chi connectivity index (χ4n) is 9.30. The molecule has 0 heterocycles. The third kappa shape index (κ3) is 4.78. The summed E-state index contributed by atoms with van der Waals surface area (Å²) in [6.45, 7) is 13.8. The summed E-state index contributed by atoms with van der Waals surface area (Å²) in [4.78, 5) is 0. The Balaban J connectivity index is 1.44. The number of aryl methyl sites for hydroxylation is 2. The summed E-state index contributed by atoms with van der Waals surface area (Å²) >= 11 is 0. The predicted octanol–water partition coefficient (Wildman–Crippen LogP) is 11.3. The maximum atomic E-state index is 2.53. The van der Waals surface area contributed by atoms with E-state index >= 15 is 0 Å². The van der Waals surface area contributed by atoms with Gasteiger partial charge in [-0.2, -0.15) is 0 Å². The van der Waals surface area contributed by atoms with Crippen molar-refractivity contribution in [2.24, 2.45) is 0 Å². The van der Waals surface area contributed by atoms with E-state index in [-0.39, 0.29) is 11.1 Å². The van der Waals surface area contributed by atoms with Gasteiger partial charge >= 0.3 is 0 Å². The van der Waals surface area contributed by atoms with E-state index in [1.807, 2.05) is 0 Å². The highest BCUT2D eigenvalue weighted by Crippen LogP contribution is 2.54. The molecule has 6 aromatic rings. The molecule has 2 atom stereocenters. The number of fused-ring (bicyclic) bond motifs is 2. The van der Waals surface area contributed by atoms with Gasteiger partial charge in [-0.05, 0) is 108 Å². The Kier molecular flexibility index (Phi) is 7.77. The molecule has 240 valence electrons. The van der Waals surface area contributed by atoms with Gasteiger partial charge in [-0.1, -0.05) is 167 Å². The molecule has 0 spiro atoms. The molecule has 0 aliphatic heterocycles. The average Bonchev–Trinajstić information content (AvgIpc) is 3.65. The van der Waals surface area contributed by atoms with Crippen molar-refractivity contribution in [2.45, 2.75) is 52.6 Å². The van der Waals surface area contributed by atoms with Crippen LogP contribution >= 0.6 is 0 Å². The number of hydrogen-bond acceptors (Lipinski definition) is 0. The first-order chi connectivity index (χ1) is 23.8. The molecule has 49 heavy (non-hydrogen) atoms. The Morgan fingerprint density at radius 1 is 0.367 bits per heavy atom. The van der Waals surface area contributed by atoms with E-state index in [9.17, 15) is 0 Å². The Hall–Kier alpha value is -4.98. The smallest absolute Gasteiger partial charge is 0.0672 e. The van der Waals surface area contributed by atoms with E-state index < -0.39 is 8.07 Å². The molecule has 0 radical (unpaired) electrons. The highest BCUT2D eigenvalue weighted by Gasteiger charge is 2.56. The van der Waals surface area contributed by atoms with Gasteiger partial charge in [-0.3, -0.25) is 0 Å². The van der Waals surface area contributed by atoms with E-state index in [1.165, 1.54) is 88.3 Å². The van der Waals surface area contributed by atoms with Crippen molar-refractivity contribution >= 4 is 30.6 Å². The van der Waals surface area contributed by atoms with Gasteiger partial charge in [0.05, 0.1) is 0 Å². The zero-order valence-corrected chi connectivity index (χ0v) is 30.5. The summed E-state index contributed by atoms with van der Waals surface area (Å²) in [6.07, 6.45) is 5.07. The molecule has 6 aromatic carbocycles. The lowest BCUT2D eigenvalue weighted by Gasteiger charge is -2.45. The SMILES string of the molecule is CC1=Cc2c(-c3cccc(C)c3C)cccc2C1[Si](c1ccccc1)(c1ccccc1)C1C(C)=Cc2c(-c3cccc(C)c3C)cccc21. The van der Waals surface area contributed by atoms with Gasteiger partial charge in [0.2, 0.25) is 0 Å². The first-order valence-corrected chi connectivity index (χ1v) is 19.8. The average molecular weight is 649 g/mol. The molecular formula is C48H44Si. The van der Waals surface area contributed by atoms with Gasteiger partial charge < -0.3 is 0 Å². The second-order valence-corrected chi connectivity index (χ2v) is 18.4. The topological polar surface area (TPSA) is 0 Å². The Morgan fingerprint density at radius 2 is 0.735 bits per heavy atom. The van der Waals surface area contributed by atoms with E-state index in [1.54, 1.807) is 0 Å². The molecular weight excluding hydrogens is 605 g/mol. The lowest BCUT2D eigenvalue weighted by atomic mass is 9.92. The molecule has 2 aliphatic carbocycles. The Bertz CT molecular complexity index is 2120. The minimum atomic E-state index is -2.74. The standard InChI is InChI=1S/C48H44Si/c1-31-17-13-23-39(35(31)5)41-25-15-27-43-45(41)29-33(3)47(43)49(37-19-9-7-10-20-37,38-21-11-8-12-22-38)48-34(4)30-46-42(26-16-28-44(46)48)40-24-14-18-32(2)36(40)6/h7-30,47-48H,1-6H3. The van der Waals surface area contributed by atoms with E-state index in [0.717, 1.165) is 0 Å². The molecule has 2 unspecified atom stereocenters. The van der Waals surface area contributed by atoms with Gasteiger partial charge in [-0.15, -0.1) is 0 Å². The molecule has 2 aliphatic rings. The third-order valence-electron chi connectivity index (χ3n) is 11.8. The van der Waals surface area contributed by atoms with Crippen molar-refractivity contribution in [3.8, 4) is 22.3 Å². The molecule has 0 nitrogen and oxygen atoms in total. The summed E-state index contributed by atoms with van der Waals surface area (Å²) in [5.74, 6) is 0. The molecule has 0 bridgehead atoms. The van der Waals surface area contributed by atoms with Crippen LogP contribution in [0.3, 0.4) is 0 Å². The summed E-state index contributed by atoms with van der Waals surface area (Å²) in [7, 11) is -2.74. The highest BCUT2D eigenvalue weighted by molar-refractivity contribution is 7.05. The second kappa shape index (κ2) is 12.2. The van der Waals surface area contributed by atoms with Crippen LogP contribution in [0.4, 0.5) is 0 Å². The van der Waals surface area contributed by atoms with Crippen molar-refractivity contribution in [1.29, 1.82) is 0 Å². The fourth-order valence-corrected chi connectivity index (χ4v) is 15.9. The number of hydrogen-bond donors (Lipinski definition) is 0. The van der Waals surface area contributed by atoms with Crippen molar-refractivity contribution in [3.63, 3.8) is 0 Å². The molecule has 0 saturated heterocycles. The molecule has 0 fully saturated rings. The van der Waals surface area contributed by atoms with Crippen LogP contribution in [0.5, 0.6) is 0 Å². The largest absolute Gasteiger partial charge is 0.140 e. The first kappa shape index (κ1) is 31.3. The van der Waals surface area contributed by atoms with Crippen LogP contribution in [0.1, 0.15) is 69.4 Å². The molecule has 0 N–H and O–H groups in total. The number of allylic oxidation sites excluding steroid dienone is 2. The van der Waals surface area contributed by atoms with Gasteiger partial charge in [-0.25, -0.2) is 0 Å². The summed E-state index contributed by atoms with van der Waals surface area (Å²) < 4.78 is 0. The monoisotopic (exact) mass is 648 g/mol. The minimum absolute atomic E-state index is 0.265. The van der Waals surface area contributed by atoms with Gasteiger partial charge in [0.15, 0.2) is 0 Å². The highest BCUT2D eigenvalue weighted by atomic mass is 28.3. The normalized spacial score (nSPS) is 16.6. The summed E-state index contributed by atoms with van der Waals surface area (Å²) in [5.41, 5.74) is 20.0. The van der Waals surface area contributed by atoms with Crippen LogP contribution in [-0.2, 0) is 0 Å². The van der Waals surface area contributed by atoms with Crippen molar-refractivity contribution in [3.05, 3.63) is 189 Å². The van der Waals surface area contributed by atoms with Crippen LogP contribution < -0.4 is 10.4 Å². The number of benzene rings is 6. The maximum Gasteiger partial charge on any atom is 0.140 e. The van der Waals surface area contributed by atoms with Crippen molar-refractivity contribution in [1.82, 2.24) is 0 Å². The molecule has 8 rings (SSSR count). The van der Waals surface area contributed by atoms with E-state index in [4.69, 9.17) is 0 Å². The van der Waals surface area contributed by atoms with Crippen LogP contribution in [-0.4, -0.2) is 8.07 Å². The predicted molar refractivity (Wildman–Crippen MR) is 213 cm³/mol. The van der Waals surface area contributed by atoms with E-state index in [2.05, 4.69) is 187 Å². The maximum absolute atomic E-state index is 2.74. The van der Waals surface area contributed by atoms with Crippen molar-refractivity contribution < 1.29 is 0 Å². The van der Waals surface area contributed by atoms with Crippen LogP contribution in [0.2, 0.25) is 0 Å². The Morgan fingerprint density at radius 3 is 1.14 bits per heavy atom. The Labute approximate surface area is 293 Å². The zero-order valence-electron chi connectivity index (χ0n) is 29.5. The first-order valence-electron chi connectivity index (χ1n) is 17.7. The molecule has 0 amide bonds. The lowest BCUT2D eigenvalue weighted by Crippen LogP contribution is -2.67. The second-order valence-electron chi connectivity index (χ2n) is 14.4. The van der Waals surface area contributed by atoms with Gasteiger partial charge in [0, 0.05) is 11.1 Å². The minimum Gasteiger partial charge on any atom is -0.0672 e. The molecule has 0 aromatic heterocycles. The van der Waals surface area contributed by atoms with Gasteiger partial charge in [0.1, 0.15) is 8.07 Å². The molecule has 1 heteroatoms. The quantitative estimate of drug-likeness (QED) is 0.158. The summed E-state index contributed by atoms with van der Waals surface area (Å²) in [5, 5.41) is 2.98. The number of rotatable bonds is 6. The van der Waals surface area contributed by atoms with Crippen LogP contribution in [0, 0.1) is 27.7 Å². The van der Waals surface area contributed by atoms with Gasteiger partial charge in [0.25, 0.3) is 0 Å². The third-order valence-corrected chi connectivity index (χ3v) is 17.7. The molecule has 0 saturated carbocycles. The lowest BCUT2D eigenvalue weighted by molar-refractivity contribution is 0.991. The fraction of sp³-hybridized carbons (Fsp3) is 0.167. The van der Waals surface area contributed by atoms with Crippen molar-refractivity contribution in [2.75, 3.05) is 0 Å².